The Labute approximate surface area is 132 Å². The molecule has 0 N–H and O–H groups in total. The number of hydrogen-bond acceptors (Lipinski definition) is 0. The van der Waals surface area contributed by atoms with Crippen molar-refractivity contribution in [1.29, 1.82) is 0 Å². The predicted octanol–water partition coefficient (Wildman–Crippen LogP) is 6.47. The zero-order valence-electron chi connectivity index (χ0n) is 10.5. The van der Waals surface area contributed by atoms with Crippen LogP contribution >= 0.6 is 34.8 Å². The quantitative estimate of drug-likeness (QED) is 0.474. The predicted molar refractivity (Wildman–Crippen MR) is 88.1 cm³/mol. The Balaban J connectivity index is 2.07. The van der Waals surface area contributed by atoms with Crippen molar-refractivity contribution in [3.8, 4) is 0 Å². The molecule has 0 heterocycles. The Morgan fingerprint density at radius 2 is 1.50 bits per heavy atom. The van der Waals surface area contributed by atoms with Crippen LogP contribution in [0.2, 0.25) is 10.0 Å². The molecule has 20 heavy (non-hydrogen) atoms. The van der Waals surface area contributed by atoms with Gasteiger partial charge in [-0.3, -0.25) is 0 Å². The first-order valence-electron chi connectivity index (χ1n) is 6.23. The average Bonchev–Trinajstić information content (AvgIpc) is 2.48. The zero-order valence-corrected chi connectivity index (χ0v) is 12.8. The number of alkyl halides is 1. The lowest BCUT2D eigenvalue weighted by atomic mass is 10.0. The molecule has 0 bridgehead atoms. The molecule has 0 saturated heterocycles. The lowest BCUT2D eigenvalue weighted by Crippen LogP contribution is -1.94. The van der Waals surface area contributed by atoms with E-state index in [1.165, 1.54) is 5.39 Å². The van der Waals surface area contributed by atoms with Crippen molar-refractivity contribution in [2.45, 2.75) is 5.38 Å². The molecule has 0 aliphatic carbocycles. The Hall–Kier alpha value is -1.21. The van der Waals surface area contributed by atoms with E-state index >= 15 is 0 Å². The molecule has 0 aliphatic rings. The molecule has 0 fully saturated rings. The molecule has 0 amide bonds. The van der Waals surface area contributed by atoms with Crippen molar-refractivity contribution in [2.75, 3.05) is 0 Å². The molecule has 3 aromatic rings. The van der Waals surface area contributed by atoms with Gasteiger partial charge >= 0.3 is 0 Å². The van der Waals surface area contributed by atoms with E-state index in [0.29, 0.717) is 10.0 Å². The molecular formula is C17H11Cl3. The van der Waals surface area contributed by atoms with E-state index in [9.17, 15) is 0 Å². The fourth-order valence-electron chi connectivity index (χ4n) is 2.25. The third-order valence-corrected chi connectivity index (χ3v) is 4.36. The van der Waals surface area contributed by atoms with Crippen LogP contribution in [0.1, 0.15) is 16.5 Å². The Morgan fingerprint density at radius 1 is 0.750 bits per heavy atom. The molecule has 0 spiro atoms. The molecule has 3 heteroatoms. The van der Waals surface area contributed by atoms with Gasteiger partial charge in [0.2, 0.25) is 0 Å². The van der Waals surface area contributed by atoms with Gasteiger partial charge in [0.05, 0.1) is 5.38 Å². The van der Waals surface area contributed by atoms with Gasteiger partial charge in [0.15, 0.2) is 0 Å². The monoisotopic (exact) mass is 320 g/mol. The molecule has 1 unspecified atom stereocenters. The normalized spacial score (nSPS) is 12.6. The summed E-state index contributed by atoms with van der Waals surface area (Å²) in [4.78, 5) is 0. The third kappa shape index (κ3) is 2.64. The van der Waals surface area contributed by atoms with Gasteiger partial charge in [0.1, 0.15) is 0 Å². The van der Waals surface area contributed by atoms with E-state index in [0.717, 1.165) is 16.5 Å². The van der Waals surface area contributed by atoms with E-state index in [4.69, 9.17) is 34.8 Å². The molecule has 0 saturated carbocycles. The van der Waals surface area contributed by atoms with Crippen LogP contribution in [0.3, 0.4) is 0 Å². The van der Waals surface area contributed by atoms with Crippen LogP contribution in [0.4, 0.5) is 0 Å². The maximum atomic E-state index is 6.57. The molecule has 0 aromatic heterocycles. The van der Waals surface area contributed by atoms with Crippen molar-refractivity contribution >= 4 is 45.6 Å². The van der Waals surface area contributed by atoms with Crippen molar-refractivity contribution in [3.05, 3.63) is 81.8 Å². The molecule has 1 atom stereocenters. The number of hydrogen-bond donors (Lipinski definition) is 0. The standard InChI is InChI=1S/C17H11Cl3/c18-14-7-8-16(19)15(10-14)17(20)13-6-5-11-3-1-2-4-12(11)9-13/h1-10,17H. The topological polar surface area (TPSA) is 0 Å². The van der Waals surface area contributed by atoms with Crippen molar-refractivity contribution in [2.24, 2.45) is 0 Å². The minimum Gasteiger partial charge on any atom is -0.113 e. The minimum atomic E-state index is -0.314. The Morgan fingerprint density at radius 3 is 2.30 bits per heavy atom. The van der Waals surface area contributed by atoms with Gasteiger partial charge in [-0.05, 0) is 46.2 Å². The van der Waals surface area contributed by atoms with Crippen LogP contribution in [0.15, 0.2) is 60.7 Å². The molecule has 0 radical (unpaired) electrons. The maximum Gasteiger partial charge on any atom is 0.0850 e. The fourth-order valence-corrected chi connectivity index (χ4v) is 3.03. The van der Waals surface area contributed by atoms with Crippen LogP contribution in [0, 0.1) is 0 Å². The first kappa shape index (κ1) is 13.8. The van der Waals surface area contributed by atoms with E-state index in [1.54, 1.807) is 12.1 Å². The highest BCUT2D eigenvalue weighted by Crippen LogP contribution is 2.36. The SMILES string of the molecule is Clc1ccc(Cl)c(C(Cl)c2ccc3ccccc3c2)c1. The summed E-state index contributed by atoms with van der Waals surface area (Å²) >= 11 is 18.8. The minimum absolute atomic E-state index is 0.314. The van der Waals surface area contributed by atoms with Gasteiger partial charge < -0.3 is 0 Å². The number of benzene rings is 3. The van der Waals surface area contributed by atoms with E-state index in [1.807, 2.05) is 24.3 Å². The van der Waals surface area contributed by atoms with Gasteiger partial charge in [-0.15, -0.1) is 11.6 Å². The van der Waals surface area contributed by atoms with Gasteiger partial charge in [0.25, 0.3) is 0 Å². The summed E-state index contributed by atoms with van der Waals surface area (Å²) in [6, 6.07) is 19.7. The summed E-state index contributed by atoms with van der Waals surface area (Å²) in [5.74, 6) is 0. The lowest BCUT2D eigenvalue weighted by molar-refractivity contribution is 1.15. The van der Waals surface area contributed by atoms with Crippen LogP contribution in [0.5, 0.6) is 0 Å². The van der Waals surface area contributed by atoms with E-state index in [-0.39, 0.29) is 5.38 Å². The molecular weight excluding hydrogens is 311 g/mol. The fraction of sp³-hybridized carbons (Fsp3) is 0.0588. The highest BCUT2D eigenvalue weighted by molar-refractivity contribution is 6.35. The molecule has 3 rings (SSSR count). The summed E-state index contributed by atoms with van der Waals surface area (Å²) < 4.78 is 0. The largest absolute Gasteiger partial charge is 0.113 e. The van der Waals surface area contributed by atoms with Crippen molar-refractivity contribution in [1.82, 2.24) is 0 Å². The summed E-state index contributed by atoms with van der Waals surface area (Å²) in [7, 11) is 0. The Bertz CT molecular complexity index is 765. The number of fused-ring (bicyclic) bond motifs is 1. The summed E-state index contributed by atoms with van der Waals surface area (Å²) in [6.07, 6.45) is 0. The summed E-state index contributed by atoms with van der Waals surface area (Å²) in [5, 5.41) is 3.30. The molecule has 3 aromatic carbocycles. The summed E-state index contributed by atoms with van der Waals surface area (Å²) in [5.41, 5.74) is 1.84. The Kier molecular flexibility index (Phi) is 3.89. The summed E-state index contributed by atoms with van der Waals surface area (Å²) in [6.45, 7) is 0. The number of rotatable bonds is 2. The maximum absolute atomic E-state index is 6.57. The van der Waals surface area contributed by atoms with Gasteiger partial charge in [-0.2, -0.15) is 0 Å². The van der Waals surface area contributed by atoms with Gasteiger partial charge in [0, 0.05) is 10.0 Å². The average molecular weight is 322 g/mol. The second-order valence-electron chi connectivity index (χ2n) is 4.63. The van der Waals surface area contributed by atoms with Gasteiger partial charge in [-0.25, -0.2) is 0 Å². The highest BCUT2D eigenvalue weighted by atomic mass is 35.5. The highest BCUT2D eigenvalue weighted by Gasteiger charge is 2.15. The first-order chi connectivity index (χ1) is 9.65. The zero-order chi connectivity index (χ0) is 14.1. The van der Waals surface area contributed by atoms with E-state index < -0.39 is 0 Å². The van der Waals surface area contributed by atoms with E-state index in [2.05, 4.69) is 24.3 Å². The second-order valence-corrected chi connectivity index (χ2v) is 5.92. The molecule has 100 valence electrons. The number of halogens is 3. The van der Waals surface area contributed by atoms with Crippen LogP contribution in [0.25, 0.3) is 10.8 Å². The smallest absolute Gasteiger partial charge is 0.0850 e. The van der Waals surface area contributed by atoms with Gasteiger partial charge in [-0.1, -0.05) is 59.6 Å². The molecule has 0 aliphatic heterocycles. The van der Waals surface area contributed by atoms with Crippen LogP contribution in [-0.4, -0.2) is 0 Å². The van der Waals surface area contributed by atoms with Crippen LogP contribution in [-0.2, 0) is 0 Å². The third-order valence-electron chi connectivity index (χ3n) is 3.30. The lowest BCUT2D eigenvalue weighted by Gasteiger charge is -2.13. The van der Waals surface area contributed by atoms with Crippen molar-refractivity contribution < 1.29 is 0 Å². The molecule has 0 nitrogen and oxygen atoms in total. The van der Waals surface area contributed by atoms with Crippen LogP contribution < -0.4 is 0 Å². The second kappa shape index (κ2) is 5.65. The van der Waals surface area contributed by atoms with Crippen molar-refractivity contribution in [3.63, 3.8) is 0 Å². The first-order valence-corrected chi connectivity index (χ1v) is 7.42.